The number of aromatic nitrogens is 3. The molecular formula is C16H11F3N4O. The van der Waals surface area contributed by atoms with Crippen molar-refractivity contribution in [2.75, 3.05) is 5.32 Å². The lowest BCUT2D eigenvalue weighted by molar-refractivity contribution is -0.141. The molecule has 0 atom stereocenters. The number of benzene rings is 1. The van der Waals surface area contributed by atoms with Crippen molar-refractivity contribution >= 4 is 11.6 Å². The molecular weight excluding hydrogens is 321 g/mol. The quantitative estimate of drug-likeness (QED) is 0.758. The number of nitrogens with one attached hydrogen (secondary N) is 1. The van der Waals surface area contributed by atoms with E-state index < -0.39 is 11.9 Å². The second kappa shape index (κ2) is 6.15. The van der Waals surface area contributed by atoms with Crippen LogP contribution in [-0.4, -0.2) is 20.1 Å². The molecule has 0 amide bonds. The number of hydrogen-bond donors (Lipinski definition) is 2. The molecule has 0 bridgehead atoms. The van der Waals surface area contributed by atoms with E-state index >= 15 is 0 Å². The Bertz CT molecular complexity index is 850. The van der Waals surface area contributed by atoms with E-state index in [-0.39, 0.29) is 11.6 Å². The van der Waals surface area contributed by atoms with E-state index in [4.69, 9.17) is 0 Å². The van der Waals surface area contributed by atoms with Gasteiger partial charge in [0.05, 0.1) is 5.69 Å². The number of phenolic OH excluding ortho intramolecular Hbond substituents is 1. The van der Waals surface area contributed by atoms with Crippen LogP contribution >= 0.6 is 0 Å². The van der Waals surface area contributed by atoms with Crippen LogP contribution in [0.15, 0.2) is 54.9 Å². The van der Waals surface area contributed by atoms with Gasteiger partial charge < -0.3 is 10.4 Å². The van der Waals surface area contributed by atoms with Crippen molar-refractivity contribution in [2.45, 2.75) is 6.18 Å². The molecule has 0 aliphatic carbocycles. The summed E-state index contributed by atoms with van der Waals surface area (Å²) in [5.74, 6) is 0.458. The fourth-order valence-corrected chi connectivity index (χ4v) is 2.01. The lowest BCUT2D eigenvalue weighted by atomic mass is 10.1. The normalized spacial score (nSPS) is 11.3. The number of rotatable bonds is 3. The maximum absolute atomic E-state index is 12.7. The molecule has 2 aromatic heterocycles. The Morgan fingerprint density at radius 3 is 2.38 bits per heavy atom. The highest BCUT2D eigenvalue weighted by Gasteiger charge is 2.32. The van der Waals surface area contributed by atoms with Crippen LogP contribution in [0.2, 0.25) is 0 Å². The van der Waals surface area contributed by atoms with Crippen molar-refractivity contribution < 1.29 is 18.3 Å². The Morgan fingerprint density at radius 2 is 1.67 bits per heavy atom. The molecule has 0 saturated carbocycles. The molecule has 2 heterocycles. The van der Waals surface area contributed by atoms with Crippen molar-refractivity contribution in [3.05, 3.63) is 60.6 Å². The van der Waals surface area contributed by atoms with Gasteiger partial charge in [0.1, 0.15) is 29.4 Å². The molecule has 8 heteroatoms. The van der Waals surface area contributed by atoms with Gasteiger partial charge in [-0.15, -0.1) is 0 Å². The molecule has 2 N–H and O–H groups in total. The zero-order valence-corrected chi connectivity index (χ0v) is 12.1. The van der Waals surface area contributed by atoms with E-state index in [1.54, 1.807) is 18.2 Å². The van der Waals surface area contributed by atoms with Gasteiger partial charge in [-0.2, -0.15) is 13.2 Å². The van der Waals surface area contributed by atoms with Crippen LogP contribution in [0, 0.1) is 0 Å². The minimum absolute atomic E-state index is 0.0279. The highest BCUT2D eigenvalue weighted by atomic mass is 19.4. The van der Waals surface area contributed by atoms with Gasteiger partial charge in [-0.05, 0) is 36.4 Å². The topological polar surface area (TPSA) is 70.9 Å². The van der Waals surface area contributed by atoms with Crippen molar-refractivity contribution in [1.29, 1.82) is 0 Å². The monoisotopic (exact) mass is 332 g/mol. The smallest absolute Gasteiger partial charge is 0.433 e. The number of nitrogens with zero attached hydrogens (tertiary/aromatic N) is 3. The Balaban J connectivity index is 1.86. The van der Waals surface area contributed by atoms with Crippen LogP contribution in [0.25, 0.3) is 11.3 Å². The number of anilines is 2. The fourth-order valence-electron chi connectivity index (χ4n) is 2.01. The summed E-state index contributed by atoms with van der Waals surface area (Å²) in [5.41, 5.74) is 0.301. The van der Waals surface area contributed by atoms with Gasteiger partial charge in [0, 0.05) is 11.6 Å². The first-order chi connectivity index (χ1) is 11.4. The summed E-state index contributed by atoms with van der Waals surface area (Å²) in [6.45, 7) is 0. The third kappa shape index (κ3) is 3.60. The van der Waals surface area contributed by atoms with Gasteiger partial charge >= 0.3 is 6.18 Å². The van der Waals surface area contributed by atoms with Gasteiger partial charge in [-0.3, -0.25) is 0 Å². The van der Waals surface area contributed by atoms with Crippen LogP contribution in [0.1, 0.15) is 5.69 Å². The lowest BCUT2D eigenvalue weighted by Crippen LogP contribution is -2.09. The number of halogens is 3. The van der Waals surface area contributed by atoms with Gasteiger partial charge in [-0.1, -0.05) is 6.07 Å². The molecule has 1 aromatic carbocycles. The van der Waals surface area contributed by atoms with Crippen molar-refractivity contribution in [3.8, 4) is 17.0 Å². The predicted octanol–water partition coefficient (Wildman–Crippen LogP) is 4.01. The number of pyridine rings is 1. The summed E-state index contributed by atoms with van der Waals surface area (Å²) in [5, 5.41) is 12.0. The first-order valence-corrected chi connectivity index (χ1v) is 6.84. The Kier molecular flexibility index (Phi) is 4.03. The SMILES string of the molecule is Oc1ccc(-c2cc(Nc3cccc(C(F)(F)F)n3)ncn2)cc1. The van der Waals surface area contributed by atoms with Gasteiger partial charge in [0.15, 0.2) is 0 Å². The van der Waals surface area contributed by atoms with Crippen LogP contribution in [0.4, 0.5) is 24.8 Å². The molecule has 0 aliphatic heterocycles. The highest BCUT2D eigenvalue weighted by molar-refractivity contribution is 5.64. The van der Waals surface area contributed by atoms with E-state index in [1.807, 2.05) is 0 Å². The van der Waals surface area contributed by atoms with Gasteiger partial charge in [-0.25, -0.2) is 15.0 Å². The van der Waals surface area contributed by atoms with E-state index in [2.05, 4.69) is 20.3 Å². The third-order valence-corrected chi connectivity index (χ3v) is 3.13. The molecule has 0 saturated heterocycles. The number of hydrogen-bond acceptors (Lipinski definition) is 5. The van der Waals surface area contributed by atoms with Gasteiger partial charge in [0.2, 0.25) is 0 Å². The summed E-state index contributed by atoms with van der Waals surface area (Å²) in [7, 11) is 0. The Morgan fingerprint density at radius 1 is 0.917 bits per heavy atom. The summed E-state index contributed by atoms with van der Waals surface area (Å²) >= 11 is 0. The Hall–Kier alpha value is -3.16. The van der Waals surface area contributed by atoms with E-state index in [0.29, 0.717) is 11.5 Å². The zero-order valence-electron chi connectivity index (χ0n) is 12.1. The predicted molar refractivity (Wildman–Crippen MR) is 81.7 cm³/mol. The maximum atomic E-state index is 12.7. The first-order valence-electron chi connectivity index (χ1n) is 6.84. The summed E-state index contributed by atoms with van der Waals surface area (Å²) in [6, 6.07) is 11.5. The van der Waals surface area contributed by atoms with Gasteiger partial charge in [0.25, 0.3) is 0 Å². The lowest BCUT2D eigenvalue weighted by Gasteiger charge is -2.09. The average Bonchev–Trinajstić information content (AvgIpc) is 2.55. The van der Waals surface area contributed by atoms with E-state index in [0.717, 1.165) is 11.6 Å². The second-order valence-electron chi connectivity index (χ2n) is 4.87. The number of aromatic hydroxyl groups is 1. The molecule has 0 spiro atoms. The van der Waals surface area contributed by atoms with Crippen LogP contribution in [-0.2, 0) is 6.18 Å². The van der Waals surface area contributed by atoms with Crippen LogP contribution in [0.5, 0.6) is 5.75 Å². The van der Waals surface area contributed by atoms with Crippen molar-refractivity contribution in [1.82, 2.24) is 15.0 Å². The molecule has 0 radical (unpaired) electrons. The summed E-state index contributed by atoms with van der Waals surface area (Å²) < 4.78 is 38.1. The van der Waals surface area contributed by atoms with Crippen LogP contribution < -0.4 is 5.32 Å². The summed E-state index contributed by atoms with van der Waals surface area (Å²) in [4.78, 5) is 11.6. The molecule has 5 nitrogen and oxygen atoms in total. The minimum Gasteiger partial charge on any atom is -0.508 e. The highest BCUT2D eigenvalue weighted by Crippen LogP contribution is 2.29. The largest absolute Gasteiger partial charge is 0.508 e. The molecule has 3 rings (SSSR count). The van der Waals surface area contributed by atoms with Crippen LogP contribution in [0.3, 0.4) is 0 Å². The molecule has 24 heavy (non-hydrogen) atoms. The first kappa shape index (κ1) is 15.7. The Labute approximate surface area is 134 Å². The molecule has 3 aromatic rings. The second-order valence-corrected chi connectivity index (χ2v) is 4.87. The van der Waals surface area contributed by atoms with E-state index in [1.165, 1.54) is 30.6 Å². The standard InChI is InChI=1S/C16H11F3N4O/c17-16(18,19)13-2-1-3-14(22-13)23-15-8-12(20-9-21-15)10-4-6-11(24)7-5-10/h1-9,24H,(H,20,21,22,23). The van der Waals surface area contributed by atoms with Crippen molar-refractivity contribution in [3.63, 3.8) is 0 Å². The van der Waals surface area contributed by atoms with E-state index in [9.17, 15) is 18.3 Å². The third-order valence-electron chi connectivity index (χ3n) is 3.13. The fraction of sp³-hybridized carbons (Fsp3) is 0.0625. The number of alkyl halides is 3. The number of phenols is 1. The molecule has 122 valence electrons. The molecule has 0 fully saturated rings. The zero-order chi connectivity index (χ0) is 17.2. The maximum Gasteiger partial charge on any atom is 0.433 e. The summed E-state index contributed by atoms with van der Waals surface area (Å²) in [6.07, 6.45) is -3.22. The van der Waals surface area contributed by atoms with Crippen molar-refractivity contribution in [2.24, 2.45) is 0 Å². The molecule has 0 unspecified atom stereocenters. The molecule has 0 aliphatic rings. The minimum atomic E-state index is -4.51. The average molecular weight is 332 g/mol.